The Morgan fingerprint density at radius 1 is 1.36 bits per heavy atom. The lowest BCUT2D eigenvalue weighted by Crippen LogP contribution is -2.45. The molecule has 1 saturated heterocycles. The van der Waals surface area contributed by atoms with Crippen molar-refractivity contribution >= 4 is 21.9 Å². The second-order valence-corrected chi connectivity index (χ2v) is 3.23. The molecule has 0 unspecified atom stereocenters. The van der Waals surface area contributed by atoms with Gasteiger partial charge in [-0.1, -0.05) is 0 Å². The van der Waals surface area contributed by atoms with Crippen LogP contribution in [0.15, 0.2) is 16.9 Å². The van der Waals surface area contributed by atoms with Gasteiger partial charge in [-0.3, -0.25) is 0 Å². The maximum atomic E-state index is 8.05. The molecule has 0 aromatic carbocycles. The van der Waals surface area contributed by atoms with Crippen LogP contribution in [0.2, 0.25) is 0 Å². The summed E-state index contributed by atoms with van der Waals surface area (Å²) in [7, 11) is 0. The summed E-state index contributed by atoms with van der Waals surface area (Å²) < 4.78 is 86.5. The van der Waals surface area contributed by atoms with E-state index in [9.17, 15) is 0 Å². The molecule has 1 aliphatic heterocycles. The third-order valence-corrected chi connectivity index (χ3v) is 1.76. The minimum atomic E-state index is -3.44. The van der Waals surface area contributed by atoms with Crippen LogP contribution in [0.4, 0.5) is 5.95 Å². The summed E-state index contributed by atoms with van der Waals surface area (Å²) in [6, 6.07) is 0. The zero-order chi connectivity index (χ0) is 19.6. The lowest BCUT2D eigenvalue weighted by Gasteiger charge is -2.32. The van der Waals surface area contributed by atoms with E-state index in [-0.39, 0.29) is 4.90 Å². The van der Waals surface area contributed by atoms with Crippen LogP contribution in [0.5, 0.6) is 0 Å². The molecule has 1 aromatic rings. The first-order valence-electron chi connectivity index (χ1n) is 9.07. The van der Waals surface area contributed by atoms with E-state index in [4.69, 9.17) is 15.1 Å². The summed E-state index contributed by atoms with van der Waals surface area (Å²) in [4.78, 5) is 7.11. The van der Waals surface area contributed by atoms with Gasteiger partial charge in [0, 0.05) is 48.0 Å². The predicted molar refractivity (Wildman–Crippen MR) is 59.4 cm³/mol. The van der Waals surface area contributed by atoms with Gasteiger partial charge in [-0.05, 0) is 22.9 Å². The zero-order valence-electron chi connectivity index (χ0n) is 17.8. The van der Waals surface area contributed by atoms with Gasteiger partial charge in [0.05, 0.1) is 9.96 Å². The average Bonchev–Trinajstić information content (AvgIpc) is 2.36. The second kappa shape index (κ2) is 4.23. The van der Waals surface area contributed by atoms with Crippen molar-refractivity contribution in [3.63, 3.8) is 0 Å². The summed E-state index contributed by atoms with van der Waals surface area (Å²) in [5, 5.41) is 0. The molecule has 2 heterocycles. The third kappa shape index (κ3) is 2.22. The smallest absolute Gasteiger partial charge is 0.225 e. The molecule has 4 nitrogen and oxygen atoms in total. The zero-order valence-corrected chi connectivity index (χ0v) is 8.41. The van der Waals surface area contributed by atoms with Crippen LogP contribution in [-0.2, 0) is 0 Å². The maximum absolute atomic E-state index is 8.05. The molecule has 1 aliphatic rings. The molecule has 0 saturated carbocycles. The molecule has 76 valence electrons. The number of anilines is 1. The highest BCUT2D eigenvalue weighted by Gasteiger charge is 2.15. The van der Waals surface area contributed by atoms with Crippen molar-refractivity contribution < 1.29 is 15.1 Å². The fraction of sp³-hybridized carbons (Fsp3) is 0.556. The SMILES string of the molecule is [2H]C([2H])([2H])N1C([2H])([2H])C([2H])([2H])N(c2ncc(Br)cn2)C([2H])([2H])C1([2H])[2H]. The van der Waals surface area contributed by atoms with Gasteiger partial charge >= 0.3 is 0 Å². The number of nitrogens with zero attached hydrogens (tertiary/aromatic N) is 4. The number of hydrogen-bond acceptors (Lipinski definition) is 4. The van der Waals surface area contributed by atoms with Crippen LogP contribution in [0.3, 0.4) is 0 Å². The molecule has 14 heavy (non-hydrogen) atoms. The van der Waals surface area contributed by atoms with Crippen molar-refractivity contribution in [2.75, 3.05) is 37.9 Å². The number of piperazine rings is 1. The van der Waals surface area contributed by atoms with Crippen LogP contribution in [0, 0.1) is 0 Å². The van der Waals surface area contributed by atoms with Crippen LogP contribution in [0.1, 0.15) is 15.1 Å². The maximum Gasteiger partial charge on any atom is 0.225 e. The molecule has 5 heteroatoms. The van der Waals surface area contributed by atoms with Crippen molar-refractivity contribution in [1.82, 2.24) is 14.9 Å². The first kappa shape index (κ1) is 3.15. The Morgan fingerprint density at radius 2 is 2.00 bits per heavy atom. The number of halogens is 1. The Hall–Kier alpha value is -0.680. The Kier molecular flexibility index (Phi) is 0.953. The molecule has 1 aromatic heterocycles. The van der Waals surface area contributed by atoms with Gasteiger partial charge in [-0.25, -0.2) is 9.97 Å². The minimum Gasteiger partial charge on any atom is -0.338 e. The largest absolute Gasteiger partial charge is 0.338 e. The monoisotopic (exact) mass is 267 g/mol. The van der Waals surface area contributed by atoms with Crippen molar-refractivity contribution in [3.8, 4) is 0 Å². The topological polar surface area (TPSA) is 32.3 Å². The van der Waals surface area contributed by atoms with Gasteiger partial charge in [0.2, 0.25) is 5.95 Å². The van der Waals surface area contributed by atoms with Crippen molar-refractivity contribution in [2.24, 2.45) is 0 Å². The number of likely N-dealkylation sites (N-methyl/N-ethyl adjacent to an activating group) is 1. The third-order valence-electron chi connectivity index (χ3n) is 1.35. The average molecular weight is 268 g/mol. The van der Waals surface area contributed by atoms with E-state index < -0.39 is 43.8 Å². The second-order valence-electron chi connectivity index (χ2n) is 2.32. The quantitative estimate of drug-likeness (QED) is 0.760. The standard InChI is InChI=1S/C9H13BrN4/c1-13-2-4-14(5-3-13)9-11-6-8(10)7-12-9/h6-7H,2-5H2,1H3/i1D3,2D2,3D2,4D2,5D2. The van der Waals surface area contributed by atoms with E-state index in [1.165, 1.54) is 0 Å². The van der Waals surface area contributed by atoms with E-state index in [0.717, 1.165) is 12.4 Å². The lowest BCUT2D eigenvalue weighted by atomic mass is 10.3. The molecule has 0 amide bonds. The molecule has 0 N–H and O–H groups in total. The van der Waals surface area contributed by atoms with Gasteiger partial charge in [0.25, 0.3) is 0 Å². The molecule has 0 atom stereocenters. The summed E-state index contributed by atoms with van der Waals surface area (Å²) in [6.07, 6.45) is 2.30. The molecular formula is C9H13BrN4. The van der Waals surface area contributed by atoms with Gasteiger partial charge in [-0.2, -0.15) is 0 Å². The number of rotatable bonds is 1. The Balaban J connectivity index is 2.77. The van der Waals surface area contributed by atoms with E-state index in [1.54, 1.807) is 0 Å². The molecule has 0 spiro atoms. The van der Waals surface area contributed by atoms with Gasteiger partial charge in [0.1, 0.15) is 0 Å². The minimum absolute atomic E-state index is 0.0919. The molecular weight excluding hydrogens is 244 g/mol. The predicted octanol–water partition coefficient (Wildman–Crippen LogP) is 0.991. The first-order valence-corrected chi connectivity index (χ1v) is 4.36. The Labute approximate surface area is 108 Å². The number of hydrogen-bond donors (Lipinski definition) is 0. The van der Waals surface area contributed by atoms with Crippen LogP contribution in [-0.4, -0.2) is 47.8 Å². The summed E-state index contributed by atoms with van der Waals surface area (Å²) in [5.74, 6) is -0.629. The lowest BCUT2D eigenvalue weighted by molar-refractivity contribution is 0.311. The Bertz CT molecular complexity index is 631. The van der Waals surface area contributed by atoms with Crippen LogP contribution in [0.25, 0.3) is 0 Å². The van der Waals surface area contributed by atoms with Crippen molar-refractivity contribution in [2.45, 2.75) is 0 Å². The normalized spacial score (nSPS) is 45.5. The van der Waals surface area contributed by atoms with Gasteiger partial charge < -0.3 is 9.80 Å². The molecule has 1 fully saturated rings. The number of aromatic nitrogens is 2. The summed E-state index contributed by atoms with van der Waals surface area (Å²) in [6.45, 7) is -17.0. The molecule has 0 bridgehead atoms. The molecule has 2 rings (SSSR count). The van der Waals surface area contributed by atoms with E-state index >= 15 is 0 Å². The van der Waals surface area contributed by atoms with Gasteiger partial charge in [0.15, 0.2) is 0 Å². The van der Waals surface area contributed by atoms with Crippen molar-refractivity contribution in [1.29, 1.82) is 0 Å². The molecule has 0 aliphatic carbocycles. The van der Waals surface area contributed by atoms with Crippen molar-refractivity contribution in [3.05, 3.63) is 16.9 Å². The fourth-order valence-electron chi connectivity index (χ4n) is 0.777. The Morgan fingerprint density at radius 3 is 2.57 bits per heavy atom. The van der Waals surface area contributed by atoms with Crippen LogP contribution < -0.4 is 4.90 Å². The summed E-state index contributed by atoms with van der Waals surface area (Å²) >= 11 is 3.05. The van der Waals surface area contributed by atoms with E-state index in [0.29, 0.717) is 4.47 Å². The summed E-state index contributed by atoms with van der Waals surface area (Å²) in [5.41, 5.74) is 0. The van der Waals surface area contributed by atoms with Gasteiger partial charge in [-0.15, -0.1) is 0 Å². The highest BCUT2D eigenvalue weighted by Crippen LogP contribution is 2.12. The van der Waals surface area contributed by atoms with Crippen LogP contribution >= 0.6 is 15.9 Å². The first-order chi connectivity index (χ1) is 11.0. The fourth-order valence-corrected chi connectivity index (χ4v) is 0.982. The highest BCUT2D eigenvalue weighted by molar-refractivity contribution is 9.10. The van der Waals surface area contributed by atoms with E-state index in [2.05, 4.69) is 25.9 Å². The van der Waals surface area contributed by atoms with E-state index in [1.807, 2.05) is 0 Å². The molecule has 0 radical (unpaired) electrons. The highest BCUT2D eigenvalue weighted by atomic mass is 79.9.